The van der Waals surface area contributed by atoms with E-state index < -0.39 is 5.91 Å². The van der Waals surface area contributed by atoms with E-state index in [2.05, 4.69) is 21.2 Å². The van der Waals surface area contributed by atoms with E-state index in [1.54, 1.807) is 0 Å². The number of hydrogen-bond donors (Lipinski definition) is 3. The van der Waals surface area contributed by atoms with Crippen LogP contribution in [0.2, 0.25) is 0 Å². The number of ether oxygens (including phenoxy) is 1. The molecule has 0 unspecified atom stereocenters. The number of carbonyl (C=O) groups is 3. The third kappa shape index (κ3) is 5.06. The summed E-state index contributed by atoms with van der Waals surface area (Å²) in [7, 11) is 0. The third-order valence-electron chi connectivity index (χ3n) is 2.81. The Morgan fingerprint density at radius 3 is 2.73 bits per heavy atom. The molecule has 0 saturated carbocycles. The fraction of sp³-hybridized carbons (Fsp3) is 0.500. The molecule has 1 aliphatic heterocycles. The van der Waals surface area contributed by atoms with Gasteiger partial charge < -0.3 is 10.1 Å². The van der Waals surface area contributed by atoms with Gasteiger partial charge in [0.2, 0.25) is 5.91 Å². The molecule has 0 aromatic carbocycles. The second kappa shape index (κ2) is 7.82. The van der Waals surface area contributed by atoms with Crippen LogP contribution in [0.1, 0.15) is 17.4 Å². The summed E-state index contributed by atoms with van der Waals surface area (Å²) in [5, 5.41) is 4.31. The molecule has 2 rings (SSSR count). The Morgan fingerprint density at radius 2 is 2.05 bits per heavy atom. The number of rotatable bonds is 4. The second-order valence-corrected chi connectivity index (χ2v) is 5.47. The van der Waals surface area contributed by atoms with Crippen molar-refractivity contribution in [2.24, 2.45) is 0 Å². The van der Waals surface area contributed by atoms with Crippen molar-refractivity contribution in [3.63, 3.8) is 0 Å². The molecule has 1 aromatic heterocycles. The predicted molar refractivity (Wildman–Crippen MR) is 79.3 cm³/mol. The molecule has 0 bridgehead atoms. The van der Waals surface area contributed by atoms with Gasteiger partial charge in [0.1, 0.15) is 5.69 Å². The highest BCUT2D eigenvalue weighted by molar-refractivity contribution is 7.14. The summed E-state index contributed by atoms with van der Waals surface area (Å²) in [5.74, 6) is -1.11. The van der Waals surface area contributed by atoms with Gasteiger partial charge in [0.25, 0.3) is 11.8 Å². The molecule has 0 aliphatic carbocycles. The number of morpholine rings is 1. The van der Waals surface area contributed by atoms with Crippen LogP contribution in [0.3, 0.4) is 0 Å². The van der Waals surface area contributed by atoms with E-state index in [-0.39, 0.29) is 24.1 Å². The van der Waals surface area contributed by atoms with Gasteiger partial charge in [-0.15, -0.1) is 11.3 Å². The van der Waals surface area contributed by atoms with Crippen molar-refractivity contribution in [1.82, 2.24) is 20.7 Å². The molecule has 0 radical (unpaired) electrons. The van der Waals surface area contributed by atoms with Gasteiger partial charge >= 0.3 is 0 Å². The topological polar surface area (TPSA) is 113 Å². The minimum atomic E-state index is -0.539. The van der Waals surface area contributed by atoms with Crippen LogP contribution in [0.4, 0.5) is 5.13 Å². The smallest absolute Gasteiger partial charge is 0.289 e. The van der Waals surface area contributed by atoms with E-state index in [1.165, 1.54) is 12.3 Å². The second-order valence-electron chi connectivity index (χ2n) is 4.61. The van der Waals surface area contributed by atoms with Crippen LogP contribution in [-0.4, -0.2) is 60.5 Å². The summed E-state index contributed by atoms with van der Waals surface area (Å²) in [4.78, 5) is 40.3. The lowest BCUT2D eigenvalue weighted by atomic mass is 10.4. The first kappa shape index (κ1) is 16.3. The van der Waals surface area contributed by atoms with Crippen LogP contribution < -0.4 is 16.2 Å². The van der Waals surface area contributed by atoms with Gasteiger partial charge in [-0.05, 0) is 0 Å². The summed E-state index contributed by atoms with van der Waals surface area (Å²) in [6.45, 7) is 4.13. The molecule has 10 heteroatoms. The molecule has 3 amide bonds. The summed E-state index contributed by atoms with van der Waals surface area (Å²) in [6, 6.07) is 0. The molecule has 3 N–H and O–H groups in total. The third-order valence-corrected chi connectivity index (χ3v) is 3.56. The number of hydrazine groups is 1. The molecule has 0 atom stereocenters. The molecule has 9 nitrogen and oxygen atoms in total. The number of amides is 3. The molecule has 1 fully saturated rings. The molecule has 120 valence electrons. The van der Waals surface area contributed by atoms with Crippen molar-refractivity contribution >= 4 is 34.2 Å². The van der Waals surface area contributed by atoms with Crippen molar-refractivity contribution in [1.29, 1.82) is 0 Å². The first-order chi connectivity index (χ1) is 10.5. The number of carbonyl (C=O) groups excluding carboxylic acids is 3. The monoisotopic (exact) mass is 327 g/mol. The number of nitrogens with one attached hydrogen (secondary N) is 3. The van der Waals surface area contributed by atoms with Crippen LogP contribution in [0.5, 0.6) is 0 Å². The molecule has 2 heterocycles. The zero-order valence-corrected chi connectivity index (χ0v) is 12.9. The van der Waals surface area contributed by atoms with Crippen molar-refractivity contribution in [3.8, 4) is 0 Å². The summed E-state index contributed by atoms with van der Waals surface area (Å²) in [5.41, 5.74) is 4.75. The Morgan fingerprint density at radius 1 is 1.32 bits per heavy atom. The van der Waals surface area contributed by atoms with Gasteiger partial charge in [0.05, 0.1) is 19.8 Å². The Labute approximate surface area is 131 Å². The van der Waals surface area contributed by atoms with E-state index in [0.717, 1.165) is 11.3 Å². The van der Waals surface area contributed by atoms with E-state index in [1.807, 2.05) is 4.90 Å². The van der Waals surface area contributed by atoms with E-state index in [0.29, 0.717) is 31.4 Å². The average Bonchev–Trinajstić information content (AvgIpc) is 2.93. The van der Waals surface area contributed by atoms with Crippen LogP contribution in [0, 0.1) is 0 Å². The number of anilines is 1. The largest absolute Gasteiger partial charge is 0.379 e. The summed E-state index contributed by atoms with van der Waals surface area (Å²) >= 11 is 1.13. The van der Waals surface area contributed by atoms with Gasteiger partial charge in [0, 0.05) is 25.4 Å². The van der Waals surface area contributed by atoms with E-state index >= 15 is 0 Å². The number of nitrogens with zero attached hydrogens (tertiary/aromatic N) is 2. The van der Waals surface area contributed by atoms with Crippen LogP contribution >= 0.6 is 11.3 Å². The standard InChI is InChI=1S/C12H17N5O4S/c1-8(18)13-12-14-9(7-22-12)11(20)16-15-10(19)6-17-2-4-21-5-3-17/h7H,2-6H2,1H3,(H,15,19)(H,16,20)(H,13,14,18). The van der Waals surface area contributed by atoms with Crippen LogP contribution in [0.15, 0.2) is 5.38 Å². The minimum Gasteiger partial charge on any atom is -0.379 e. The molecule has 1 saturated heterocycles. The molecule has 1 aliphatic rings. The molecular weight excluding hydrogens is 310 g/mol. The van der Waals surface area contributed by atoms with E-state index in [4.69, 9.17) is 4.74 Å². The molecule has 0 spiro atoms. The Bertz CT molecular complexity index is 555. The zero-order valence-electron chi connectivity index (χ0n) is 12.0. The molecule has 1 aromatic rings. The summed E-state index contributed by atoms with van der Waals surface area (Å²) < 4.78 is 5.19. The van der Waals surface area contributed by atoms with Gasteiger partial charge in [0.15, 0.2) is 5.13 Å². The highest BCUT2D eigenvalue weighted by atomic mass is 32.1. The summed E-state index contributed by atoms with van der Waals surface area (Å²) in [6.07, 6.45) is 0. The van der Waals surface area contributed by atoms with E-state index in [9.17, 15) is 14.4 Å². The number of aromatic nitrogens is 1. The highest BCUT2D eigenvalue weighted by Gasteiger charge is 2.16. The van der Waals surface area contributed by atoms with Crippen molar-refractivity contribution in [2.75, 3.05) is 38.2 Å². The van der Waals surface area contributed by atoms with Crippen molar-refractivity contribution in [2.45, 2.75) is 6.92 Å². The average molecular weight is 327 g/mol. The Balaban J connectivity index is 1.75. The van der Waals surface area contributed by atoms with Gasteiger partial charge in [-0.3, -0.25) is 30.1 Å². The lowest BCUT2D eigenvalue weighted by molar-refractivity contribution is -0.124. The Hall–Kier alpha value is -2.04. The van der Waals surface area contributed by atoms with Crippen molar-refractivity contribution in [3.05, 3.63) is 11.1 Å². The maximum absolute atomic E-state index is 11.8. The first-order valence-electron chi connectivity index (χ1n) is 6.67. The predicted octanol–water partition coefficient (Wildman–Crippen LogP) is -0.805. The van der Waals surface area contributed by atoms with Gasteiger partial charge in [-0.2, -0.15) is 0 Å². The normalized spacial score (nSPS) is 15.1. The minimum absolute atomic E-state index is 0.125. The number of hydrogen-bond acceptors (Lipinski definition) is 7. The quantitative estimate of drug-likeness (QED) is 0.624. The lowest BCUT2D eigenvalue weighted by Gasteiger charge is -2.25. The zero-order chi connectivity index (χ0) is 15.9. The lowest BCUT2D eigenvalue weighted by Crippen LogP contribution is -2.48. The fourth-order valence-electron chi connectivity index (χ4n) is 1.78. The first-order valence-corrected chi connectivity index (χ1v) is 7.55. The van der Waals surface area contributed by atoms with Crippen molar-refractivity contribution < 1.29 is 19.1 Å². The molecule has 22 heavy (non-hydrogen) atoms. The number of thiazole rings is 1. The highest BCUT2D eigenvalue weighted by Crippen LogP contribution is 2.14. The maximum atomic E-state index is 11.8. The maximum Gasteiger partial charge on any atom is 0.289 e. The van der Waals surface area contributed by atoms with Gasteiger partial charge in [-0.25, -0.2) is 4.98 Å². The van der Waals surface area contributed by atoms with Crippen LogP contribution in [0.25, 0.3) is 0 Å². The fourth-order valence-corrected chi connectivity index (χ4v) is 2.52. The SMILES string of the molecule is CC(=O)Nc1nc(C(=O)NNC(=O)CN2CCOCC2)cs1. The van der Waals surface area contributed by atoms with Gasteiger partial charge in [-0.1, -0.05) is 0 Å². The van der Waals surface area contributed by atoms with Crippen LogP contribution in [-0.2, 0) is 14.3 Å². The molecular formula is C12H17N5O4S. The Kier molecular flexibility index (Phi) is 5.81.